The summed E-state index contributed by atoms with van der Waals surface area (Å²) < 4.78 is 4.68. The molecular formula is C14H13NO4S. The molecule has 3 rings (SSSR count). The van der Waals surface area contributed by atoms with E-state index in [2.05, 4.69) is 4.74 Å². The molecule has 0 aromatic heterocycles. The average molecular weight is 291 g/mol. The highest BCUT2D eigenvalue weighted by Crippen LogP contribution is 2.44. The third-order valence-electron chi connectivity index (χ3n) is 3.65. The molecular weight excluding hydrogens is 278 g/mol. The Kier molecular flexibility index (Phi) is 3.25. The number of Topliss-reactive ketones (excluding diaryl/α,β-unsaturated/α-hetero) is 1. The third kappa shape index (κ3) is 1.83. The predicted octanol–water partition coefficient (Wildman–Crippen LogP) is 0.942. The van der Waals surface area contributed by atoms with Crippen molar-refractivity contribution >= 4 is 29.4 Å². The number of hydrogen-bond donors (Lipinski definition) is 0. The van der Waals surface area contributed by atoms with Gasteiger partial charge in [0.05, 0.1) is 12.5 Å². The number of ether oxygens (including phenoxy) is 1. The van der Waals surface area contributed by atoms with Crippen molar-refractivity contribution in [1.82, 2.24) is 4.90 Å². The van der Waals surface area contributed by atoms with Gasteiger partial charge in [0.2, 0.25) is 5.91 Å². The second kappa shape index (κ2) is 4.94. The zero-order chi connectivity index (χ0) is 14.3. The van der Waals surface area contributed by atoms with Crippen LogP contribution < -0.4 is 0 Å². The molecule has 0 saturated carbocycles. The summed E-state index contributed by atoms with van der Waals surface area (Å²) in [5.41, 5.74) is 0.535. The third-order valence-corrected chi connectivity index (χ3v) is 5.00. The van der Waals surface area contributed by atoms with Crippen molar-refractivity contribution in [1.29, 1.82) is 0 Å². The molecule has 3 atom stereocenters. The maximum absolute atomic E-state index is 12.3. The number of fused-ring (bicyclic) bond motifs is 1. The summed E-state index contributed by atoms with van der Waals surface area (Å²) in [6.45, 7) is 0. The zero-order valence-corrected chi connectivity index (χ0v) is 11.6. The van der Waals surface area contributed by atoms with Crippen LogP contribution in [0.25, 0.3) is 0 Å². The fourth-order valence-corrected chi connectivity index (χ4v) is 4.13. The lowest BCUT2D eigenvalue weighted by Gasteiger charge is -2.42. The first kappa shape index (κ1) is 13.2. The molecule has 1 amide bonds. The number of ketones is 1. The van der Waals surface area contributed by atoms with Crippen LogP contribution in [0.4, 0.5) is 0 Å². The van der Waals surface area contributed by atoms with Gasteiger partial charge < -0.3 is 9.64 Å². The van der Waals surface area contributed by atoms with Crippen molar-refractivity contribution in [2.45, 2.75) is 11.4 Å². The average Bonchev–Trinajstić information content (AvgIpc) is 2.86. The van der Waals surface area contributed by atoms with Crippen molar-refractivity contribution in [2.24, 2.45) is 5.92 Å². The largest absolute Gasteiger partial charge is 0.467 e. The minimum absolute atomic E-state index is 0.171. The second-order valence-corrected chi connectivity index (χ2v) is 5.87. The van der Waals surface area contributed by atoms with Crippen LogP contribution in [0.2, 0.25) is 0 Å². The molecule has 0 spiro atoms. The minimum atomic E-state index is -0.669. The number of β-lactam (4-membered cyclic amide) rings is 1. The van der Waals surface area contributed by atoms with E-state index in [1.807, 2.05) is 6.07 Å². The van der Waals surface area contributed by atoms with Gasteiger partial charge in [0.1, 0.15) is 12.0 Å². The molecule has 0 N–H and O–H groups in total. The molecule has 2 aliphatic heterocycles. The lowest BCUT2D eigenvalue weighted by molar-refractivity contribution is -0.160. The lowest BCUT2D eigenvalue weighted by atomic mass is 9.88. The van der Waals surface area contributed by atoms with E-state index in [0.29, 0.717) is 11.3 Å². The Morgan fingerprint density at radius 2 is 2.00 bits per heavy atom. The van der Waals surface area contributed by atoms with Gasteiger partial charge in [-0.25, -0.2) is 4.79 Å². The first-order valence-corrected chi connectivity index (χ1v) is 7.31. The molecule has 1 aromatic rings. The van der Waals surface area contributed by atoms with Gasteiger partial charge in [0.25, 0.3) is 0 Å². The van der Waals surface area contributed by atoms with Crippen LogP contribution in [0.5, 0.6) is 0 Å². The molecule has 2 heterocycles. The number of nitrogens with zero attached hydrogens (tertiary/aromatic N) is 1. The fraction of sp³-hybridized carbons (Fsp3) is 0.357. The van der Waals surface area contributed by atoms with Crippen molar-refractivity contribution < 1.29 is 19.1 Å². The summed E-state index contributed by atoms with van der Waals surface area (Å²) in [5.74, 6) is -1.04. The van der Waals surface area contributed by atoms with Gasteiger partial charge in [-0.05, 0) is 0 Å². The molecule has 2 aliphatic rings. The number of thioether (sulfide) groups is 1. The number of esters is 1. The van der Waals surface area contributed by atoms with Crippen LogP contribution >= 0.6 is 11.8 Å². The Morgan fingerprint density at radius 3 is 2.65 bits per heavy atom. The topological polar surface area (TPSA) is 63.7 Å². The summed E-state index contributed by atoms with van der Waals surface area (Å²) in [4.78, 5) is 37.6. The van der Waals surface area contributed by atoms with Crippen molar-refractivity contribution in [3.63, 3.8) is 0 Å². The number of benzene rings is 1. The molecule has 5 nitrogen and oxygen atoms in total. The monoisotopic (exact) mass is 291 g/mol. The summed E-state index contributed by atoms with van der Waals surface area (Å²) >= 11 is 1.46. The van der Waals surface area contributed by atoms with E-state index >= 15 is 0 Å². The molecule has 6 heteroatoms. The number of methoxy groups -OCH3 is 1. The van der Waals surface area contributed by atoms with Crippen LogP contribution in [0.3, 0.4) is 0 Å². The highest BCUT2D eigenvalue weighted by atomic mass is 32.2. The first-order valence-electron chi connectivity index (χ1n) is 6.26. The van der Waals surface area contributed by atoms with Gasteiger partial charge in [0, 0.05) is 11.3 Å². The van der Waals surface area contributed by atoms with E-state index in [1.165, 1.54) is 23.8 Å². The summed E-state index contributed by atoms with van der Waals surface area (Å²) in [6, 6.07) is 8.22. The number of carbonyl (C=O) groups is 3. The van der Waals surface area contributed by atoms with E-state index in [1.54, 1.807) is 24.3 Å². The normalized spacial score (nSPS) is 27.8. The maximum atomic E-state index is 12.3. The van der Waals surface area contributed by atoms with Gasteiger partial charge in [0.15, 0.2) is 5.78 Å². The Bertz CT molecular complexity index is 574. The fourth-order valence-electron chi connectivity index (χ4n) is 2.61. The summed E-state index contributed by atoms with van der Waals surface area (Å²) in [7, 11) is 1.30. The molecule has 2 fully saturated rings. The molecule has 104 valence electrons. The van der Waals surface area contributed by atoms with E-state index in [9.17, 15) is 14.4 Å². The Hall–Kier alpha value is -1.82. The highest BCUT2D eigenvalue weighted by Gasteiger charge is 2.59. The smallest absolute Gasteiger partial charge is 0.329 e. The molecule has 2 saturated heterocycles. The highest BCUT2D eigenvalue weighted by molar-refractivity contribution is 8.00. The van der Waals surface area contributed by atoms with Crippen LogP contribution in [0.1, 0.15) is 10.4 Å². The van der Waals surface area contributed by atoms with Gasteiger partial charge in [-0.1, -0.05) is 30.3 Å². The first-order chi connectivity index (χ1) is 9.65. The van der Waals surface area contributed by atoms with E-state index < -0.39 is 17.9 Å². The van der Waals surface area contributed by atoms with Gasteiger partial charge in [-0.2, -0.15) is 0 Å². The molecule has 0 radical (unpaired) electrons. The lowest BCUT2D eigenvalue weighted by Crippen LogP contribution is -2.63. The predicted molar refractivity (Wildman–Crippen MR) is 73.2 cm³/mol. The molecule has 1 unspecified atom stereocenters. The van der Waals surface area contributed by atoms with Crippen LogP contribution in [0.15, 0.2) is 30.3 Å². The van der Waals surface area contributed by atoms with Crippen LogP contribution in [-0.4, -0.2) is 46.8 Å². The number of rotatable bonds is 3. The standard InChI is InChI=1S/C14H13NO4S/c1-19-14(18)9-7-20-13-10(12(17)15(9)13)11(16)8-5-3-2-4-6-8/h2-6,9-10,13H,7H2,1H3/t9?,10-,13+/m1/s1. The van der Waals surface area contributed by atoms with Crippen LogP contribution in [-0.2, 0) is 14.3 Å². The zero-order valence-electron chi connectivity index (χ0n) is 10.8. The van der Waals surface area contributed by atoms with Gasteiger partial charge >= 0.3 is 5.97 Å². The number of carbonyl (C=O) groups excluding carboxylic acids is 3. The van der Waals surface area contributed by atoms with Crippen LogP contribution in [0, 0.1) is 5.92 Å². The summed E-state index contributed by atoms with van der Waals surface area (Å²) in [6.07, 6.45) is 0. The SMILES string of the molecule is COC(=O)C1CS[C@H]2[C@H](C(=O)c3ccccc3)C(=O)N12. The molecule has 20 heavy (non-hydrogen) atoms. The summed E-state index contributed by atoms with van der Waals surface area (Å²) in [5, 5.41) is -0.237. The van der Waals surface area contributed by atoms with Gasteiger partial charge in [-0.3, -0.25) is 9.59 Å². The maximum Gasteiger partial charge on any atom is 0.329 e. The number of amides is 1. The Labute approximate surface area is 120 Å². The Balaban J connectivity index is 1.78. The Morgan fingerprint density at radius 1 is 1.30 bits per heavy atom. The van der Waals surface area contributed by atoms with Crippen molar-refractivity contribution in [3.8, 4) is 0 Å². The number of hydrogen-bond acceptors (Lipinski definition) is 5. The van der Waals surface area contributed by atoms with Crippen molar-refractivity contribution in [3.05, 3.63) is 35.9 Å². The minimum Gasteiger partial charge on any atom is -0.467 e. The second-order valence-electron chi connectivity index (χ2n) is 4.72. The van der Waals surface area contributed by atoms with E-state index in [-0.39, 0.29) is 17.1 Å². The molecule has 1 aromatic carbocycles. The van der Waals surface area contributed by atoms with Gasteiger partial charge in [-0.15, -0.1) is 11.8 Å². The molecule has 0 bridgehead atoms. The van der Waals surface area contributed by atoms with Crippen molar-refractivity contribution in [2.75, 3.05) is 12.9 Å². The van der Waals surface area contributed by atoms with E-state index in [4.69, 9.17) is 0 Å². The quantitative estimate of drug-likeness (QED) is 0.359. The van der Waals surface area contributed by atoms with E-state index in [0.717, 1.165) is 0 Å². The molecule has 0 aliphatic carbocycles.